The van der Waals surface area contributed by atoms with Crippen molar-refractivity contribution in [1.82, 2.24) is 4.90 Å². The molecule has 2 amide bonds. The molecule has 2 saturated heterocycles. The Hall–Kier alpha value is -2.81. The highest BCUT2D eigenvalue weighted by atomic mass is 32.1. The van der Waals surface area contributed by atoms with E-state index in [4.69, 9.17) is 14.8 Å². The summed E-state index contributed by atoms with van der Waals surface area (Å²) in [7, 11) is -2.68. The lowest BCUT2D eigenvalue weighted by Gasteiger charge is -2.42. The average molecular weight is 527 g/mol. The predicted molar refractivity (Wildman–Crippen MR) is 143 cm³/mol. The van der Waals surface area contributed by atoms with Gasteiger partial charge in [-0.25, -0.2) is 0 Å². The van der Waals surface area contributed by atoms with Gasteiger partial charge in [-0.3, -0.25) is 9.59 Å². The van der Waals surface area contributed by atoms with E-state index in [9.17, 15) is 14.5 Å². The minimum atomic E-state index is -2.68. The number of benzene rings is 2. The number of rotatable bonds is 4. The van der Waals surface area contributed by atoms with Crippen LogP contribution in [0.4, 0.5) is 11.4 Å². The molecular weight excluding hydrogens is 497 g/mol. The van der Waals surface area contributed by atoms with E-state index in [0.29, 0.717) is 48.8 Å². The summed E-state index contributed by atoms with van der Waals surface area (Å²) in [6.45, 7) is 3.70. The van der Waals surface area contributed by atoms with E-state index in [2.05, 4.69) is 5.32 Å². The zero-order chi connectivity index (χ0) is 25.3. The molecule has 4 N–H and O–H groups in total. The number of thiophene rings is 1. The van der Waals surface area contributed by atoms with Gasteiger partial charge in [0.1, 0.15) is 19.9 Å². The molecular formula is C26H29N3O5PS+. The van der Waals surface area contributed by atoms with Gasteiger partial charge in [-0.2, -0.15) is 13.9 Å². The largest absolute Gasteiger partial charge is 0.405 e. The van der Waals surface area contributed by atoms with Crippen molar-refractivity contribution in [2.24, 2.45) is 5.41 Å². The zero-order valence-electron chi connectivity index (χ0n) is 20.0. The lowest BCUT2D eigenvalue weighted by Crippen LogP contribution is -2.48. The number of amides is 2. The van der Waals surface area contributed by atoms with Crippen molar-refractivity contribution in [3.05, 3.63) is 71.1 Å². The van der Waals surface area contributed by atoms with Crippen LogP contribution in [0.3, 0.4) is 0 Å². The van der Waals surface area contributed by atoms with Gasteiger partial charge >= 0.3 is 7.94 Å². The van der Waals surface area contributed by atoms with Crippen LogP contribution in [0.15, 0.2) is 60.0 Å². The van der Waals surface area contributed by atoms with Crippen LogP contribution in [0.5, 0.6) is 0 Å². The molecule has 36 heavy (non-hydrogen) atoms. The highest BCUT2D eigenvalue weighted by molar-refractivity contribution is 7.59. The van der Waals surface area contributed by atoms with Gasteiger partial charge in [0.2, 0.25) is 0 Å². The van der Waals surface area contributed by atoms with Crippen LogP contribution in [0.2, 0.25) is 0 Å². The number of hydrogen-bond acceptors (Lipinski definition) is 7. The molecule has 188 valence electrons. The number of anilines is 2. The van der Waals surface area contributed by atoms with Gasteiger partial charge in [-0.1, -0.05) is 12.1 Å². The molecule has 5 rings (SSSR count). The summed E-state index contributed by atoms with van der Waals surface area (Å²) in [6, 6.07) is 16.2. The maximum absolute atomic E-state index is 13.1. The van der Waals surface area contributed by atoms with Crippen molar-refractivity contribution >= 4 is 42.5 Å². The molecule has 3 heterocycles. The van der Waals surface area contributed by atoms with Gasteiger partial charge in [-0.05, 0) is 66.2 Å². The number of nitrogens with one attached hydrogen (secondary N) is 1. The van der Waals surface area contributed by atoms with E-state index in [0.717, 1.165) is 23.3 Å². The first-order chi connectivity index (χ1) is 17.2. The van der Waals surface area contributed by atoms with Crippen molar-refractivity contribution in [3.8, 4) is 10.4 Å². The van der Waals surface area contributed by atoms with E-state index in [1.54, 1.807) is 48.3 Å². The van der Waals surface area contributed by atoms with Crippen LogP contribution in [0.25, 0.3) is 10.4 Å². The van der Waals surface area contributed by atoms with Crippen LogP contribution in [-0.2, 0) is 9.05 Å². The highest BCUT2D eigenvalue weighted by Gasteiger charge is 2.49. The Morgan fingerprint density at radius 3 is 2.36 bits per heavy atom. The van der Waals surface area contributed by atoms with Gasteiger partial charge < -0.3 is 16.0 Å². The predicted octanol–water partition coefficient (Wildman–Crippen LogP) is 4.90. The molecule has 3 aromatic rings. The lowest BCUT2D eigenvalue weighted by molar-refractivity contribution is -0.0304. The molecule has 10 heteroatoms. The summed E-state index contributed by atoms with van der Waals surface area (Å²) in [5.74, 6) is -0.359. The second-order valence-electron chi connectivity index (χ2n) is 9.45. The Labute approximate surface area is 214 Å². The Balaban J connectivity index is 1.20. The fraction of sp³-hybridized carbons (Fsp3) is 0.308. The molecule has 0 atom stereocenters. The number of piperidine rings is 1. The molecule has 2 aromatic carbocycles. The number of likely N-dealkylation sites (tertiary alicyclic amines) is 1. The smallest absolute Gasteiger partial charge is 0.397 e. The summed E-state index contributed by atoms with van der Waals surface area (Å²) in [4.78, 5) is 38.8. The number of nitrogens with two attached hydrogens (primary N) is 1. The molecule has 0 saturated carbocycles. The normalized spacial score (nSPS) is 18.7. The third kappa shape index (κ3) is 5.31. The number of nitrogen functional groups attached to an aromatic ring is 1. The second-order valence-corrected chi connectivity index (χ2v) is 12.5. The highest BCUT2D eigenvalue weighted by Crippen LogP contribution is 2.59. The molecule has 0 radical (unpaired) electrons. The summed E-state index contributed by atoms with van der Waals surface area (Å²) in [6.07, 6.45) is 1.51. The van der Waals surface area contributed by atoms with Crippen LogP contribution in [0.1, 0.15) is 33.6 Å². The summed E-state index contributed by atoms with van der Waals surface area (Å²) in [5.41, 5.74) is 8.94. The third-order valence-corrected chi connectivity index (χ3v) is 8.97. The molecule has 8 nitrogen and oxygen atoms in total. The Bertz CT molecular complexity index is 1240. The first kappa shape index (κ1) is 24.9. The lowest BCUT2D eigenvalue weighted by atomic mass is 9.80. The van der Waals surface area contributed by atoms with E-state index in [-0.39, 0.29) is 17.2 Å². The number of hydrogen-bond donors (Lipinski definition) is 3. The fourth-order valence-electron chi connectivity index (χ4n) is 4.47. The van der Waals surface area contributed by atoms with Crippen molar-refractivity contribution in [1.29, 1.82) is 0 Å². The zero-order valence-corrected chi connectivity index (χ0v) is 21.7. The molecule has 1 spiro atoms. The summed E-state index contributed by atoms with van der Waals surface area (Å²) in [5, 5.41) is 4.89. The number of nitrogens with zero attached hydrogens (tertiary/aromatic N) is 1. The van der Waals surface area contributed by atoms with E-state index in [1.807, 2.05) is 34.5 Å². The second kappa shape index (κ2) is 9.92. The van der Waals surface area contributed by atoms with Crippen molar-refractivity contribution in [3.63, 3.8) is 0 Å². The number of carbonyl (C=O) groups excluding carboxylic acids is 2. The standard InChI is InChI=1S/C26H28N3O5PS/c1-35(32)33-16-26(17-34-35)10-12-29(13-11-26)25(31)19-6-4-18(5-7-19)24(30)28-22-15-20(8-9-21(22)27)23-3-2-14-36-23/h2-9,14-15,32H,10-13,16-17H2,1H3,(H2-,27,28,30,31)/p+1. The van der Waals surface area contributed by atoms with Crippen molar-refractivity contribution < 1.29 is 23.5 Å². The molecule has 2 aliphatic heterocycles. The number of carbonyl (C=O) groups is 2. The molecule has 2 fully saturated rings. The van der Waals surface area contributed by atoms with Crippen LogP contribution >= 0.6 is 19.3 Å². The Kier molecular flexibility index (Phi) is 6.85. The van der Waals surface area contributed by atoms with Crippen LogP contribution in [0, 0.1) is 5.41 Å². The first-order valence-corrected chi connectivity index (χ1v) is 14.7. The maximum Gasteiger partial charge on any atom is 0.405 e. The molecule has 1 aromatic heterocycles. The quantitative estimate of drug-likeness (QED) is 0.329. The molecule has 0 unspecified atom stereocenters. The Morgan fingerprint density at radius 1 is 1.06 bits per heavy atom. The fourth-order valence-corrected chi connectivity index (χ4v) is 6.29. The SMILES string of the molecule is C[P+]1(O)OCC2(CCN(C(=O)c3ccc(C(=O)Nc4cc(-c5cccs5)ccc4N)cc3)CC2)CO1. The summed E-state index contributed by atoms with van der Waals surface area (Å²) < 4.78 is 11.1. The molecule has 0 aliphatic carbocycles. The van der Waals surface area contributed by atoms with Gasteiger partial charge in [0.25, 0.3) is 11.8 Å². The topological polar surface area (TPSA) is 114 Å². The van der Waals surface area contributed by atoms with Gasteiger partial charge in [0, 0.05) is 34.5 Å². The minimum Gasteiger partial charge on any atom is -0.397 e. The van der Waals surface area contributed by atoms with Crippen molar-refractivity contribution in [2.75, 3.05) is 44.0 Å². The van der Waals surface area contributed by atoms with Crippen molar-refractivity contribution in [2.45, 2.75) is 12.8 Å². The van der Waals surface area contributed by atoms with E-state index >= 15 is 0 Å². The van der Waals surface area contributed by atoms with Gasteiger partial charge in [-0.15, -0.1) is 11.3 Å². The van der Waals surface area contributed by atoms with E-state index in [1.165, 1.54) is 0 Å². The van der Waals surface area contributed by atoms with Crippen LogP contribution < -0.4 is 11.1 Å². The average Bonchev–Trinajstić information content (AvgIpc) is 3.43. The summed E-state index contributed by atoms with van der Waals surface area (Å²) >= 11 is 1.62. The molecule has 0 bridgehead atoms. The third-order valence-electron chi connectivity index (χ3n) is 6.83. The van der Waals surface area contributed by atoms with Gasteiger partial charge in [0.15, 0.2) is 0 Å². The monoisotopic (exact) mass is 526 g/mol. The minimum absolute atomic E-state index is 0.0677. The van der Waals surface area contributed by atoms with Crippen LogP contribution in [-0.4, -0.2) is 54.6 Å². The van der Waals surface area contributed by atoms with E-state index < -0.39 is 7.94 Å². The van der Waals surface area contributed by atoms with Gasteiger partial charge in [0.05, 0.1) is 11.4 Å². The maximum atomic E-state index is 13.1. The molecule has 2 aliphatic rings. The first-order valence-electron chi connectivity index (χ1n) is 11.8. The Morgan fingerprint density at radius 2 is 1.72 bits per heavy atom.